The third-order valence-corrected chi connectivity index (χ3v) is 7.17. The number of thiazole rings is 1. The molecule has 12 heteroatoms. The van der Waals surface area contributed by atoms with Gasteiger partial charge < -0.3 is 24.4 Å². The van der Waals surface area contributed by atoms with Gasteiger partial charge in [-0.2, -0.15) is 0 Å². The van der Waals surface area contributed by atoms with Crippen molar-refractivity contribution >= 4 is 38.4 Å². The van der Waals surface area contributed by atoms with Crippen LogP contribution in [0.5, 0.6) is 17.2 Å². The normalized spacial score (nSPS) is 13.6. The molecule has 3 heterocycles. The zero-order valence-corrected chi connectivity index (χ0v) is 21.8. The standard InChI is InChI=1S/C24H31N5O6S/c1-5-9-28-22(31)20-21(26-23(36-20)27-10-7-6-8-11-27)29(24(28)32)14-18(30)25-15-12-16(33-2)19(35-4)17(13-15)34-3/h12-13H,5-11,14H2,1-4H3,(H,25,30). The first-order chi connectivity index (χ1) is 17.4. The topological polar surface area (TPSA) is 117 Å². The highest BCUT2D eigenvalue weighted by Gasteiger charge is 2.23. The van der Waals surface area contributed by atoms with Crippen molar-refractivity contribution in [3.8, 4) is 17.2 Å². The Morgan fingerprint density at radius 2 is 1.69 bits per heavy atom. The summed E-state index contributed by atoms with van der Waals surface area (Å²) in [4.78, 5) is 46.3. The molecule has 0 aliphatic carbocycles. The zero-order valence-electron chi connectivity index (χ0n) is 21.0. The van der Waals surface area contributed by atoms with Crippen LogP contribution in [0.4, 0.5) is 10.8 Å². The van der Waals surface area contributed by atoms with Gasteiger partial charge in [-0.15, -0.1) is 0 Å². The molecule has 11 nitrogen and oxygen atoms in total. The molecule has 0 bridgehead atoms. The van der Waals surface area contributed by atoms with E-state index in [1.807, 2.05) is 6.92 Å². The van der Waals surface area contributed by atoms with Gasteiger partial charge in [-0.1, -0.05) is 18.3 Å². The lowest BCUT2D eigenvalue weighted by Crippen LogP contribution is -2.41. The number of ether oxygens (including phenoxy) is 3. The van der Waals surface area contributed by atoms with Crippen molar-refractivity contribution in [2.75, 3.05) is 44.6 Å². The molecule has 1 N–H and O–H groups in total. The fourth-order valence-corrected chi connectivity index (χ4v) is 5.42. The van der Waals surface area contributed by atoms with E-state index in [1.165, 1.54) is 41.8 Å². The number of aromatic nitrogens is 3. The Labute approximate surface area is 212 Å². The van der Waals surface area contributed by atoms with Gasteiger partial charge in [0.25, 0.3) is 5.56 Å². The first-order valence-electron chi connectivity index (χ1n) is 11.9. The summed E-state index contributed by atoms with van der Waals surface area (Å²) in [6.07, 6.45) is 3.88. The van der Waals surface area contributed by atoms with Crippen LogP contribution in [0, 0.1) is 0 Å². The molecule has 3 aromatic rings. The van der Waals surface area contributed by atoms with Crippen LogP contribution in [0.2, 0.25) is 0 Å². The van der Waals surface area contributed by atoms with Crippen LogP contribution in [-0.4, -0.2) is 54.4 Å². The lowest BCUT2D eigenvalue weighted by Gasteiger charge is -2.25. The Balaban J connectivity index is 1.72. The van der Waals surface area contributed by atoms with Gasteiger partial charge in [0.05, 0.1) is 21.3 Å². The highest BCUT2D eigenvalue weighted by Crippen LogP contribution is 2.40. The third kappa shape index (κ3) is 4.90. The van der Waals surface area contributed by atoms with Crippen molar-refractivity contribution < 1.29 is 19.0 Å². The van der Waals surface area contributed by atoms with E-state index < -0.39 is 11.6 Å². The molecule has 1 aromatic carbocycles. The van der Waals surface area contributed by atoms with Crippen LogP contribution in [0.1, 0.15) is 32.6 Å². The van der Waals surface area contributed by atoms with E-state index in [-0.39, 0.29) is 24.3 Å². The lowest BCUT2D eigenvalue weighted by molar-refractivity contribution is -0.116. The molecule has 1 amide bonds. The van der Waals surface area contributed by atoms with E-state index in [4.69, 9.17) is 14.2 Å². The molecule has 1 aliphatic heterocycles. The average molecular weight is 518 g/mol. The smallest absolute Gasteiger partial charge is 0.333 e. The number of hydrogen-bond acceptors (Lipinski definition) is 9. The summed E-state index contributed by atoms with van der Waals surface area (Å²) in [5.41, 5.74) is -0.264. The molecule has 2 aromatic heterocycles. The van der Waals surface area contributed by atoms with Crippen molar-refractivity contribution in [1.29, 1.82) is 0 Å². The van der Waals surface area contributed by atoms with Gasteiger partial charge in [0, 0.05) is 37.5 Å². The maximum atomic E-state index is 13.3. The minimum Gasteiger partial charge on any atom is -0.493 e. The van der Waals surface area contributed by atoms with Gasteiger partial charge in [-0.3, -0.25) is 18.7 Å². The Hall–Kier alpha value is -3.54. The highest BCUT2D eigenvalue weighted by atomic mass is 32.1. The number of benzene rings is 1. The van der Waals surface area contributed by atoms with Gasteiger partial charge in [0.1, 0.15) is 11.2 Å². The number of piperidine rings is 1. The number of nitrogens with zero attached hydrogens (tertiary/aromatic N) is 4. The highest BCUT2D eigenvalue weighted by molar-refractivity contribution is 7.22. The predicted molar refractivity (Wildman–Crippen MR) is 139 cm³/mol. The van der Waals surface area contributed by atoms with Gasteiger partial charge in [0.2, 0.25) is 11.7 Å². The van der Waals surface area contributed by atoms with Gasteiger partial charge in [0.15, 0.2) is 22.3 Å². The first kappa shape index (κ1) is 25.5. The Morgan fingerprint density at radius 1 is 1.03 bits per heavy atom. The van der Waals surface area contributed by atoms with Gasteiger partial charge in [-0.05, 0) is 25.7 Å². The number of fused-ring (bicyclic) bond motifs is 1. The molecule has 0 saturated carbocycles. The third-order valence-electron chi connectivity index (χ3n) is 6.08. The second kappa shape index (κ2) is 11.0. The molecule has 4 rings (SSSR count). The maximum absolute atomic E-state index is 13.3. The minimum atomic E-state index is -0.551. The molecule has 0 spiro atoms. The molecule has 36 heavy (non-hydrogen) atoms. The minimum absolute atomic E-state index is 0.239. The summed E-state index contributed by atoms with van der Waals surface area (Å²) in [6, 6.07) is 3.21. The monoisotopic (exact) mass is 517 g/mol. The number of nitrogens with one attached hydrogen (secondary N) is 1. The molecule has 0 unspecified atom stereocenters. The fraction of sp³-hybridized carbons (Fsp3) is 0.500. The number of carbonyl (C=O) groups excluding carboxylic acids is 1. The summed E-state index contributed by atoms with van der Waals surface area (Å²) in [5.74, 6) is 0.708. The second-order valence-corrected chi connectivity index (χ2v) is 9.46. The van der Waals surface area contributed by atoms with Crippen LogP contribution in [0.3, 0.4) is 0 Å². The van der Waals surface area contributed by atoms with E-state index in [0.29, 0.717) is 39.2 Å². The molecular formula is C24H31N5O6S. The summed E-state index contributed by atoms with van der Waals surface area (Å²) in [6.45, 7) is 3.56. The fourth-order valence-electron chi connectivity index (χ4n) is 4.35. The summed E-state index contributed by atoms with van der Waals surface area (Å²) < 4.78 is 18.9. The average Bonchev–Trinajstić information content (AvgIpc) is 3.34. The second-order valence-electron chi connectivity index (χ2n) is 8.48. The quantitative estimate of drug-likeness (QED) is 0.461. The van der Waals surface area contributed by atoms with Crippen molar-refractivity contribution in [3.05, 3.63) is 33.0 Å². The number of methoxy groups -OCH3 is 3. The zero-order chi connectivity index (χ0) is 25.8. The number of anilines is 2. The van der Waals surface area contributed by atoms with E-state index >= 15 is 0 Å². The maximum Gasteiger partial charge on any atom is 0.333 e. The van der Waals surface area contributed by atoms with Crippen LogP contribution < -0.4 is 35.7 Å². The lowest BCUT2D eigenvalue weighted by atomic mass is 10.1. The van der Waals surface area contributed by atoms with Crippen molar-refractivity contribution in [3.63, 3.8) is 0 Å². The molecule has 0 radical (unpaired) electrons. The van der Waals surface area contributed by atoms with Crippen LogP contribution in [0.25, 0.3) is 10.3 Å². The Bertz CT molecular complexity index is 1350. The van der Waals surface area contributed by atoms with Gasteiger partial charge in [-0.25, -0.2) is 9.78 Å². The van der Waals surface area contributed by atoms with Crippen LogP contribution in [0.15, 0.2) is 21.7 Å². The number of amides is 1. The van der Waals surface area contributed by atoms with E-state index in [9.17, 15) is 14.4 Å². The van der Waals surface area contributed by atoms with E-state index in [1.54, 1.807) is 12.1 Å². The van der Waals surface area contributed by atoms with Crippen LogP contribution >= 0.6 is 11.3 Å². The number of carbonyl (C=O) groups is 1. The molecular weight excluding hydrogens is 486 g/mol. The first-order valence-corrected chi connectivity index (χ1v) is 12.7. The molecule has 1 aliphatic rings. The molecule has 1 fully saturated rings. The Morgan fingerprint density at radius 3 is 2.28 bits per heavy atom. The van der Waals surface area contributed by atoms with Crippen molar-refractivity contribution in [2.45, 2.75) is 45.7 Å². The summed E-state index contributed by atoms with van der Waals surface area (Å²) >= 11 is 1.28. The van der Waals surface area contributed by atoms with Gasteiger partial charge >= 0.3 is 5.69 Å². The summed E-state index contributed by atoms with van der Waals surface area (Å²) in [7, 11) is 4.46. The largest absolute Gasteiger partial charge is 0.493 e. The van der Waals surface area contributed by atoms with Crippen LogP contribution in [-0.2, 0) is 17.9 Å². The number of rotatable bonds is 9. The molecule has 0 atom stereocenters. The number of hydrogen-bond donors (Lipinski definition) is 1. The Kier molecular flexibility index (Phi) is 7.82. The van der Waals surface area contributed by atoms with E-state index in [2.05, 4.69) is 15.2 Å². The SMILES string of the molecule is CCCn1c(=O)c2sc(N3CCCCC3)nc2n(CC(=O)Nc2cc(OC)c(OC)c(OC)c2)c1=O. The van der Waals surface area contributed by atoms with E-state index in [0.717, 1.165) is 32.4 Å². The summed E-state index contributed by atoms with van der Waals surface area (Å²) in [5, 5.41) is 3.49. The molecule has 194 valence electrons. The molecule has 1 saturated heterocycles. The van der Waals surface area contributed by atoms with Crippen molar-refractivity contribution in [1.82, 2.24) is 14.1 Å². The van der Waals surface area contributed by atoms with Crippen molar-refractivity contribution in [2.24, 2.45) is 0 Å². The predicted octanol–water partition coefficient (Wildman–Crippen LogP) is 2.68.